The zero-order chi connectivity index (χ0) is 27.8. The van der Waals surface area contributed by atoms with Crippen molar-refractivity contribution in [1.82, 2.24) is 0 Å². The van der Waals surface area contributed by atoms with E-state index in [1.807, 2.05) is 84.9 Å². The maximum absolute atomic E-state index is 9.29. The normalized spacial score (nSPS) is 13.3. The molecule has 0 fully saturated rings. The lowest BCUT2D eigenvalue weighted by atomic mass is 9.89. The fourth-order valence-corrected chi connectivity index (χ4v) is 5.64. The molecule has 0 aliphatic heterocycles. The summed E-state index contributed by atoms with van der Waals surface area (Å²) in [5.74, 6) is 0. The highest BCUT2D eigenvalue weighted by atomic mass is 16.3. The Balaban J connectivity index is 1.50. The minimum atomic E-state index is -0.0688. The summed E-state index contributed by atoms with van der Waals surface area (Å²) in [6.07, 6.45) is 0. The van der Waals surface area contributed by atoms with Gasteiger partial charge in [-0.3, -0.25) is 0 Å². The Bertz CT molecular complexity index is 2340. The number of furan rings is 1. The number of para-hydroxylation sites is 1. The molecule has 172 valence electrons. The van der Waals surface area contributed by atoms with E-state index in [1.165, 1.54) is 0 Å². The van der Waals surface area contributed by atoms with Gasteiger partial charge in [0.05, 0.1) is 5.48 Å². The first-order chi connectivity index (χ1) is 20.0. The monoisotopic (exact) mass is 474 g/mol. The van der Waals surface area contributed by atoms with Crippen LogP contribution >= 0.6 is 0 Å². The van der Waals surface area contributed by atoms with E-state index >= 15 is 0 Å². The zero-order valence-electron chi connectivity index (χ0n) is 23.8. The van der Waals surface area contributed by atoms with Crippen molar-refractivity contribution in [2.45, 2.75) is 0 Å². The molecule has 8 aromatic rings. The summed E-state index contributed by atoms with van der Waals surface area (Å²) in [7, 11) is 0. The van der Waals surface area contributed by atoms with E-state index in [4.69, 9.17) is 4.42 Å². The molecule has 8 rings (SSSR count). The van der Waals surface area contributed by atoms with Crippen LogP contribution in [0.5, 0.6) is 0 Å². The Labute approximate surface area is 219 Å². The third-order valence-electron chi connectivity index (χ3n) is 7.32. The van der Waals surface area contributed by atoms with Gasteiger partial charge in [0, 0.05) is 10.8 Å². The van der Waals surface area contributed by atoms with E-state index in [0.717, 1.165) is 54.2 Å². The van der Waals surface area contributed by atoms with Crippen molar-refractivity contribution in [3.05, 3.63) is 133 Å². The molecule has 0 saturated heterocycles. The lowest BCUT2D eigenvalue weighted by Crippen LogP contribution is -1.87. The molecule has 1 aromatic heterocycles. The average molecular weight is 475 g/mol. The molecule has 0 spiro atoms. The van der Waals surface area contributed by atoms with Gasteiger partial charge in [-0.1, -0.05) is 115 Å². The van der Waals surface area contributed by atoms with Gasteiger partial charge in [0.15, 0.2) is 0 Å². The van der Waals surface area contributed by atoms with Crippen LogP contribution < -0.4 is 0 Å². The summed E-state index contributed by atoms with van der Waals surface area (Å²) in [6, 6.07) is 35.4. The molecule has 0 atom stereocenters. The number of benzene rings is 7. The topological polar surface area (TPSA) is 13.1 Å². The van der Waals surface area contributed by atoms with Gasteiger partial charge in [0.2, 0.25) is 0 Å². The second kappa shape index (κ2) is 7.81. The van der Waals surface area contributed by atoms with Crippen LogP contribution in [-0.4, -0.2) is 0 Å². The van der Waals surface area contributed by atoms with E-state index in [1.54, 1.807) is 0 Å². The summed E-state index contributed by atoms with van der Waals surface area (Å²) in [4.78, 5) is 0. The third-order valence-corrected chi connectivity index (χ3v) is 7.32. The molecule has 0 radical (unpaired) electrons. The molecule has 0 bridgehead atoms. The van der Waals surface area contributed by atoms with E-state index in [2.05, 4.69) is 24.3 Å². The molecule has 0 amide bonds. The van der Waals surface area contributed by atoms with Gasteiger partial charge >= 0.3 is 0 Å². The Morgan fingerprint density at radius 1 is 0.459 bits per heavy atom. The molecule has 0 N–H and O–H groups in total. The molecule has 0 aliphatic carbocycles. The van der Waals surface area contributed by atoms with Gasteiger partial charge in [0.1, 0.15) is 11.2 Å². The highest BCUT2D eigenvalue weighted by molar-refractivity contribution is 6.20. The molecule has 1 heterocycles. The molecule has 7 aromatic carbocycles. The molecule has 37 heavy (non-hydrogen) atoms. The fraction of sp³-hybridized carbons (Fsp3) is 0. The second-order valence-corrected chi connectivity index (χ2v) is 9.38. The molecule has 1 heteroatoms. The average Bonchev–Trinajstić information content (AvgIpc) is 3.39. The number of hydrogen-bond acceptors (Lipinski definition) is 1. The van der Waals surface area contributed by atoms with Gasteiger partial charge in [-0.25, -0.2) is 0 Å². The third kappa shape index (κ3) is 3.04. The highest BCUT2D eigenvalue weighted by Crippen LogP contribution is 2.41. The smallest absolute Gasteiger partial charge is 0.136 e. The minimum Gasteiger partial charge on any atom is -0.456 e. The first kappa shape index (κ1) is 16.7. The molecule has 0 unspecified atom stereocenters. The molecular weight excluding hydrogens is 448 g/mol. The van der Waals surface area contributed by atoms with E-state index in [0.29, 0.717) is 16.7 Å². The van der Waals surface area contributed by atoms with Gasteiger partial charge in [0.25, 0.3) is 0 Å². The van der Waals surface area contributed by atoms with Gasteiger partial charge in [-0.2, -0.15) is 0 Å². The maximum atomic E-state index is 9.29. The largest absolute Gasteiger partial charge is 0.456 e. The molecular formula is C36H22O. The number of rotatable bonds is 2. The van der Waals surface area contributed by atoms with Crippen molar-refractivity contribution >= 4 is 54.3 Å². The summed E-state index contributed by atoms with van der Waals surface area (Å²) < 4.78 is 43.1. The zero-order valence-corrected chi connectivity index (χ0v) is 19.8. The van der Waals surface area contributed by atoms with Crippen molar-refractivity contribution in [3.8, 4) is 22.3 Å². The van der Waals surface area contributed by atoms with Crippen LogP contribution in [0.2, 0.25) is 0 Å². The van der Waals surface area contributed by atoms with Crippen molar-refractivity contribution in [2.24, 2.45) is 0 Å². The second-order valence-electron chi connectivity index (χ2n) is 9.38. The van der Waals surface area contributed by atoms with Gasteiger partial charge in [-0.05, 0) is 72.8 Å². The van der Waals surface area contributed by atoms with Gasteiger partial charge < -0.3 is 4.42 Å². The Morgan fingerprint density at radius 2 is 1.14 bits per heavy atom. The molecule has 0 aliphatic rings. The van der Waals surface area contributed by atoms with Crippen LogP contribution in [0.15, 0.2) is 138 Å². The van der Waals surface area contributed by atoms with E-state index < -0.39 is 0 Å². The summed E-state index contributed by atoms with van der Waals surface area (Å²) in [5.41, 5.74) is 3.30. The Morgan fingerprint density at radius 3 is 2.00 bits per heavy atom. The fourth-order valence-electron chi connectivity index (χ4n) is 5.64. The van der Waals surface area contributed by atoms with Crippen LogP contribution in [0, 0.1) is 0 Å². The van der Waals surface area contributed by atoms with Crippen LogP contribution in [0.3, 0.4) is 0 Å². The molecule has 1 nitrogen and oxygen atoms in total. The predicted molar refractivity (Wildman–Crippen MR) is 157 cm³/mol. The lowest BCUT2D eigenvalue weighted by Gasteiger charge is -2.14. The summed E-state index contributed by atoms with van der Waals surface area (Å²) >= 11 is 0. The first-order valence-electron chi connectivity index (χ1n) is 14.4. The van der Waals surface area contributed by atoms with Crippen molar-refractivity contribution in [1.29, 1.82) is 0 Å². The minimum absolute atomic E-state index is 0.0587. The highest BCUT2D eigenvalue weighted by Gasteiger charge is 2.14. The Hall–Kier alpha value is -4.88. The van der Waals surface area contributed by atoms with Gasteiger partial charge in [-0.15, -0.1) is 0 Å². The summed E-state index contributed by atoms with van der Waals surface area (Å²) in [6.45, 7) is 0. The molecule has 0 saturated carbocycles. The standard InChI is InChI=1S/C36H22O/c1-3-10-27-23(8-1)20-21-30-32(27)22-26-9-2-4-11-29(26)35(30)25-18-16-24(17-19-25)28-13-7-15-34-36(28)31-12-5-6-14-33(31)37-34/h1-22H/i16D,17D,18D,19D. The van der Waals surface area contributed by atoms with Crippen LogP contribution in [0.1, 0.15) is 5.48 Å². The quantitative estimate of drug-likeness (QED) is 0.179. The van der Waals surface area contributed by atoms with Crippen LogP contribution in [0.25, 0.3) is 76.5 Å². The number of fused-ring (bicyclic) bond motifs is 7. The van der Waals surface area contributed by atoms with E-state index in [9.17, 15) is 5.48 Å². The number of hydrogen-bond donors (Lipinski definition) is 0. The first-order valence-corrected chi connectivity index (χ1v) is 12.4. The SMILES string of the molecule is [2H]c1c([2H])c(-c2cccc3oc4ccccc4c23)c([2H])c([2H])c1-c1c2ccccc2cc2c1ccc1ccccc12. The summed E-state index contributed by atoms with van der Waals surface area (Å²) in [5, 5.41) is 7.67. The predicted octanol–water partition coefficient (Wildman–Crippen LogP) is 10.4. The van der Waals surface area contributed by atoms with E-state index in [-0.39, 0.29) is 29.7 Å². The Kier molecular flexibility index (Phi) is 3.53. The lowest BCUT2D eigenvalue weighted by molar-refractivity contribution is 0.669. The van der Waals surface area contributed by atoms with Crippen molar-refractivity contribution in [2.75, 3.05) is 0 Å². The van der Waals surface area contributed by atoms with Crippen molar-refractivity contribution in [3.63, 3.8) is 0 Å². The van der Waals surface area contributed by atoms with Crippen LogP contribution in [-0.2, 0) is 0 Å². The maximum Gasteiger partial charge on any atom is 0.136 e. The van der Waals surface area contributed by atoms with Crippen molar-refractivity contribution < 1.29 is 9.90 Å². The van der Waals surface area contributed by atoms with Crippen LogP contribution in [0.4, 0.5) is 0 Å².